The molecule has 1 aliphatic rings. The molecule has 6 nitrogen and oxygen atoms in total. The van der Waals surface area contributed by atoms with E-state index < -0.39 is 12.0 Å². The van der Waals surface area contributed by atoms with Gasteiger partial charge >= 0.3 is 5.97 Å². The molecule has 0 bridgehead atoms. The second-order valence-corrected chi connectivity index (χ2v) is 10.1. The van der Waals surface area contributed by atoms with Gasteiger partial charge in [0.25, 0.3) is 5.56 Å². The number of esters is 1. The molecule has 0 N–H and O–H groups in total. The Morgan fingerprint density at radius 1 is 1.08 bits per heavy atom. The Morgan fingerprint density at radius 3 is 2.54 bits per heavy atom. The minimum absolute atomic E-state index is 0.0369. The summed E-state index contributed by atoms with van der Waals surface area (Å²) in [6.45, 7) is 7.71. The van der Waals surface area contributed by atoms with Gasteiger partial charge < -0.3 is 9.47 Å². The molecule has 7 heteroatoms. The average molecular weight is 513 g/mol. The molecule has 37 heavy (non-hydrogen) atoms. The number of fused-ring (bicyclic) bond motifs is 2. The Morgan fingerprint density at radius 2 is 1.81 bits per heavy atom. The molecule has 0 saturated heterocycles. The minimum Gasteiger partial charge on any atom is -0.491 e. The van der Waals surface area contributed by atoms with Gasteiger partial charge in [0.1, 0.15) is 5.75 Å². The van der Waals surface area contributed by atoms with Crippen molar-refractivity contribution in [3.63, 3.8) is 0 Å². The highest BCUT2D eigenvalue weighted by Crippen LogP contribution is 2.32. The summed E-state index contributed by atoms with van der Waals surface area (Å²) in [6.07, 6.45) is 1.95. The lowest BCUT2D eigenvalue weighted by molar-refractivity contribution is -0.139. The molecule has 0 spiro atoms. The van der Waals surface area contributed by atoms with Crippen LogP contribution in [0.3, 0.4) is 0 Å². The molecule has 0 saturated carbocycles. The topological polar surface area (TPSA) is 69.9 Å². The Hall–Kier alpha value is -3.97. The number of thiazole rings is 1. The molecule has 0 aliphatic carbocycles. The van der Waals surface area contributed by atoms with E-state index in [1.165, 1.54) is 11.3 Å². The van der Waals surface area contributed by atoms with E-state index in [0.717, 1.165) is 27.6 Å². The number of carbonyl (C=O) groups is 1. The first-order valence-corrected chi connectivity index (χ1v) is 13.1. The molecular weight excluding hydrogens is 484 g/mol. The first kappa shape index (κ1) is 24.7. The zero-order chi connectivity index (χ0) is 26.1. The van der Waals surface area contributed by atoms with Crippen molar-refractivity contribution in [3.8, 4) is 5.75 Å². The standard InChI is InChI=1S/C30H28N2O4S/c1-5-35-29(34)26-19(4)31-30-32(27(26)21-13-15-23(16-14-21)36-18(2)3)28(33)25(37-30)17-22-11-8-10-20-9-6-7-12-24(20)22/h6-18,27H,5H2,1-4H3/b25-17-/t27-/m0/s1. The van der Waals surface area contributed by atoms with Crippen LogP contribution in [-0.4, -0.2) is 23.2 Å². The first-order valence-electron chi connectivity index (χ1n) is 12.3. The van der Waals surface area contributed by atoms with E-state index in [-0.39, 0.29) is 18.3 Å². The van der Waals surface area contributed by atoms with E-state index in [2.05, 4.69) is 17.1 Å². The third-order valence-electron chi connectivity index (χ3n) is 6.19. The average Bonchev–Trinajstić information content (AvgIpc) is 3.18. The van der Waals surface area contributed by atoms with Crippen LogP contribution in [0.25, 0.3) is 16.8 Å². The van der Waals surface area contributed by atoms with Gasteiger partial charge in [-0.2, -0.15) is 0 Å². The first-order chi connectivity index (χ1) is 17.9. The van der Waals surface area contributed by atoms with Gasteiger partial charge in [-0.3, -0.25) is 9.36 Å². The van der Waals surface area contributed by atoms with E-state index >= 15 is 0 Å². The number of hydrogen-bond acceptors (Lipinski definition) is 6. The fourth-order valence-corrected chi connectivity index (χ4v) is 5.66. The maximum Gasteiger partial charge on any atom is 0.338 e. The van der Waals surface area contributed by atoms with E-state index in [1.54, 1.807) is 18.4 Å². The van der Waals surface area contributed by atoms with E-state index in [9.17, 15) is 9.59 Å². The molecule has 0 unspecified atom stereocenters. The number of carbonyl (C=O) groups excluding carboxylic acids is 1. The number of allylic oxidation sites excluding steroid dienone is 1. The highest BCUT2D eigenvalue weighted by molar-refractivity contribution is 7.07. The van der Waals surface area contributed by atoms with Crippen LogP contribution in [-0.2, 0) is 9.53 Å². The molecule has 3 aromatic carbocycles. The molecule has 1 atom stereocenters. The Labute approximate surface area is 218 Å². The quantitative estimate of drug-likeness (QED) is 0.350. The number of aromatic nitrogens is 1. The van der Waals surface area contributed by atoms with Crippen molar-refractivity contribution >= 4 is 34.2 Å². The molecule has 1 aliphatic heterocycles. The van der Waals surface area contributed by atoms with Crippen molar-refractivity contribution in [2.75, 3.05) is 6.61 Å². The summed E-state index contributed by atoms with van der Waals surface area (Å²) in [5.41, 5.74) is 2.45. The molecule has 1 aromatic heterocycles. The van der Waals surface area contributed by atoms with E-state index in [1.807, 2.05) is 74.5 Å². The number of nitrogens with zero attached hydrogens (tertiary/aromatic N) is 2. The lowest BCUT2D eigenvalue weighted by Crippen LogP contribution is -2.39. The fourth-order valence-electron chi connectivity index (χ4n) is 4.63. The van der Waals surface area contributed by atoms with Crippen molar-refractivity contribution in [2.45, 2.75) is 39.8 Å². The lowest BCUT2D eigenvalue weighted by Gasteiger charge is -2.25. The van der Waals surface area contributed by atoms with Gasteiger partial charge in [0.2, 0.25) is 0 Å². The SMILES string of the molecule is CCOC(=O)C1=C(C)N=c2s/c(=C\c3cccc4ccccc34)c(=O)n2[C@H]1c1ccc(OC(C)C)cc1. The maximum atomic E-state index is 13.9. The number of benzene rings is 3. The second kappa shape index (κ2) is 10.2. The smallest absolute Gasteiger partial charge is 0.338 e. The molecule has 0 fully saturated rings. The molecular formula is C30H28N2O4S. The third kappa shape index (κ3) is 4.74. The van der Waals surface area contributed by atoms with Crippen LogP contribution in [0.15, 0.2) is 87.8 Å². The monoisotopic (exact) mass is 512 g/mol. The van der Waals surface area contributed by atoms with Gasteiger partial charge in [0.05, 0.1) is 34.6 Å². The van der Waals surface area contributed by atoms with Gasteiger partial charge in [0, 0.05) is 0 Å². The fraction of sp³-hybridized carbons (Fsp3) is 0.233. The molecule has 2 heterocycles. The number of hydrogen-bond donors (Lipinski definition) is 0. The summed E-state index contributed by atoms with van der Waals surface area (Å²) in [4.78, 5) is 32.2. The third-order valence-corrected chi connectivity index (χ3v) is 7.18. The van der Waals surface area contributed by atoms with E-state index in [0.29, 0.717) is 20.6 Å². The second-order valence-electron chi connectivity index (χ2n) is 9.11. The summed E-state index contributed by atoms with van der Waals surface area (Å²) in [5, 5.41) is 2.17. The largest absolute Gasteiger partial charge is 0.491 e. The maximum absolute atomic E-state index is 13.9. The summed E-state index contributed by atoms with van der Waals surface area (Å²) in [7, 11) is 0. The van der Waals surface area contributed by atoms with Crippen molar-refractivity contribution < 1.29 is 14.3 Å². The zero-order valence-electron chi connectivity index (χ0n) is 21.2. The Balaban J connectivity index is 1.70. The normalized spacial score (nSPS) is 15.6. The van der Waals surface area contributed by atoms with Crippen LogP contribution in [0.5, 0.6) is 5.75 Å². The highest BCUT2D eigenvalue weighted by Gasteiger charge is 2.33. The van der Waals surface area contributed by atoms with Crippen LogP contribution in [0.4, 0.5) is 0 Å². The van der Waals surface area contributed by atoms with Crippen LogP contribution >= 0.6 is 11.3 Å². The Kier molecular flexibility index (Phi) is 6.80. The molecule has 4 aromatic rings. The minimum atomic E-state index is -0.655. The Bertz CT molecular complexity index is 1690. The molecule has 0 amide bonds. The zero-order valence-corrected chi connectivity index (χ0v) is 22.0. The van der Waals surface area contributed by atoms with Crippen molar-refractivity contribution in [1.29, 1.82) is 0 Å². The van der Waals surface area contributed by atoms with Crippen LogP contribution in [0.1, 0.15) is 44.9 Å². The van der Waals surface area contributed by atoms with Crippen LogP contribution in [0, 0.1) is 0 Å². The van der Waals surface area contributed by atoms with Crippen LogP contribution in [0.2, 0.25) is 0 Å². The molecule has 0 radical (unpaired) electrons. The van der Waals surface area contributed by atoms with E-state index in [4.69, 9.17) is 9.47 Å². The van der Waals surface area contributed by atoms with Crippen LogP contribution < -0.4 is 19.6 Å². The lowest BCUT2D eigenvalue weighted by atomic mass is 9.96. The van der Waals surface area contributed by atoms with Gasteiger partial charge in [-0.05, 0) is 67.8 Å². The number of ether oxygens (including phenoxy) is 2. The van der Waals surface area contributed by atoms with Crippen molar-refractivity contribution in [1.82, 2.24) is 4.57 Å². The predicted octanol–water partition coefficient (Wildman–Crippen LogP) is 4.74. The van der Waals surface area contributed by atoms with Crippen molar-refractivity contribution in [3.05, 3.63) is 109 Å². The van der Waals surface area contributed by atoms with Gasteiger partial charge in [-0.25, -0.2) is 9.79 Å². The highest BCUT2D eigenvalue weighted by atomic mass is 32.1. The summed E-state index contributed by atoms with van der Waals surface area (Å²) in [6, 6.07) is 21.0. The summed E-state index contributed by atoms with van der Waals surface area (Å²) >= 11 is 1.32. The predicted molar refractivity (Wildman–Crippen MR) is 147 cm³/mol. The van der Waals surface area contributed by atoms with Crippen molar-refractivity contribution in [2.24, 2.45) is 4.99 Å². The van der Waals surface area contributed by atoms with Gasteiger partial charge in [0.15, 0.2) is 4.80 Å². The molecule has 188 valence electrons. The number of rotatable bonds is 6. The summed E-state index contributed by atoms with van der Waals surface area (Å²) < 4.78 is 13.3. The van der Waals surface area contributed by atoms with Gasteiger partial charge in [-0.1, -0.05) is 65.9 Å². The molecule has 5 rings (SSSR count). The van der Waals surface area contributed by atoms with Gasteiger partial charge in [-0.15, -0.1) is 0 Å². The summed E-state index contributed by atoms with van der Waals surface area (Å²) in [5.74, 6) is 0.250.